The molecule has 102 valence electrons. The minimum Gasteiger partial charge on any atom is -0.494 e. The first kappa shape index (κ1) is 12.5. The highest BCUT2D eigenvalue weighted by Crippen LogP contribution is 2.23. The van der Waals surface area contributed by atoms with Crippen molar-refractivity contribution in [2.24, 2.45) is 0 Å². The molecule has 0 fully saturated rings. The predicted octanol–water partition coefficient (Wildman–Crippen LogP) is 4.19. The molecule has 3 aromatic rings. The Morgan fingerprint density at radius 3 is 2.80 bits per heavy atom. The van der Waals surface area contributed by atoms with Crippen LogP contribution in [0.2, 0.25) is 0 Å². The van der Waals surface area contributed by atoms with E-state index in [9.17, 15) is 4.39 Å². The lowest BCUT2D eigenvalue weighted by Gasteiger charge is -2.07. The Bertz CT molecular complexity index is 703. The fourth-order valence-corrected chi connectivity index (χ4v) is 2.08. The molecule has 0 radical (unpaired) electrons. The zero-order valence-electron chi connectivity index (χ0n) is 11.0. The molecule has 0 aliphatic rings. The molecule has 1 N–H and O–H groups in total. The molecule has 1 aromatic heterocycles. The lowest BCUT2D eigenvalue weighted by atomic mass is 10.2. The summed E-state index contributed by atoms with van der Waals surface area (Å²) >= 11 is 0. The van der Waals surface area contributed by atoms with Crippen molar-refractivity contribution in [3.05, 3.63) is 60.1 Å². The largest absolute Gasteiger partial charge is 0.494 e. The summed E-state index contributed by atoms with van der Waals surface area (Å²) in [5, 5.41) is 4.25. The van der Waals surface area contributed by atoms with E-state index in [4.69, 9.17) is 9.15 Å². The number of nitrogens with one attached hydrogen (secondary N) is 1. The Kier molecular flexibility index (Phi) is 3.29. The van der Waals surface area contributed by atoms with Crippen LogP contribution in [0, 0.1) is 5.82 Å². The van der Waals surface area contributed by atoms with Crippen LogP contribution in [-0.2, 0) is 6.54 Å². The maximum absolute atomic E-state index is 13.3. The zero-order chi connectivity index (χ0) is 13.9. The summed E-state index contributed by atoms with van der Waals surface area (Å²) in [4.78, 5) is 0. The molecule has 0 unspecified atom stereocenters. The van der Waals surface area contributed by atoms with Gasteiger partial charge in [0.05, 0.1) is 13.7 Å². The molecular weight excluding hydrogens is 257 g/mol. The monoisotopic (exact) mass is 271 g/mol. The number of para-hydroxylation sites is 1. The SMILES string of the molecule is COc1cc(NCc2cc3ccccc3o2)ccc1F. The van der Waals surface area contributed by atoms with E-state index in [1.165, 1.54) is 13.2 Å². The Balaban J connectivity index is 1.75. The van der Waals surface area contributed by atoms with Gasteiger partial charge in [-0.15, -0.1) is 0 Å². The Labute approximate surface area is 116 Å². The van der Waals surface area contributed by atoms with Gasteiger partial charge in [-0.3, -0.25) is 0 Å². The third-order valence-corrected chi connectivity index (χ3v) is 3.09. The molecule has 3 rings (SSSR count). The van der Waals surface area contributed by atoms with Crippen molar-refractivity contribution >= 4 is 16.7 Å². The van der Waals surface area contributed by atoms with Crippen LogP contribution in [0.25, 0.3) is 11.0 Å². The van der Waals surface area contributed by atoms with Gasteiger partial charge in [0.15, 0.2) is 11.6 Å². The molecule has 20 heavy (non-hydrogen) atoms. The second kappa shape index (κ2) is 5.25. The van der Waals surface area contributed by atoms with E-state index in [1.54, 1.807) is 12.1 Å². The molecule has 0 spiro atoms. The number of fused-ring (bicyclic) bond motifs is 1. The predicted molar refractivity (Wildman–Crippen MR) is 76.5 cm³/mol. The van der Waals surface area contributed by atoms with E-state index >= 15 is 0 Å². The molecule has 0 amide bonds. The maximum Gasteiger partial charge on any atom is 0.165 e. The first-order valence-electron chi connectivity index (χ1n) is 6.31. The standard InChI is InChI=1S/C16H14FNO2/c1-19-16-9-12(6-7-14(16)17)18-10-13-8-11-4-2-3-5-15(11)20-13/h2-9,18H,10H2,1H3. The summed E-state index contributed by atoms with van der Waals surface area (Å²) < 4.78 is 24.0. The van der Waals surface area contributed by atoms with Gasteiger partial charge >= 0.3 is 0 Å². The quantitative estimate of drug-likeness (QED) is 0.772. The molecule has 0 saturated carbocycles. The van der Waals surface area contributed by atoms with Crippen LogP contribution in [0.3, 0.4) is 0 Å². The second-order valence-electron chi connectivity index (χ2n) is 4.45. The molecule has 1 heterocycles. The molecule has 0 bridgehead atoms. The van der Waals surface area contributed by atoms with Gasteiger partial charge in [0.1, 0.15) is 11.3 Å². The summed E-state index contributed by atoms with van der Waals surface area (Å²) in [7, 11) is 1.45. The Morgan fingerprint density at radius 2 is 2.00 bits per heavy atom. The summed E-state index contributed by atoms with van der Waals surface area (Å²) in [6, 6.07) is 14.5. The Hall–Kier alpha value is -2.49. The first-order valence-corrected chi connectivity index (χ1v) is 6.31. The van der Waals surface area contributed by atoms with Crippen molar-refractivity contribution in [3.8, 4) is 5.75 Å². The van der Waals surface area contributed by atoms with Gasteiger partial charge in [0.25, 0.3) is 0 Å². The van der Waals surface area contributed by atoms with E-state index in [0.29, 0.717) is 6.54 Å². The number of ether oxygens (including phenoxy) is 1. The molecule has 0 saturated heterocycles. The van der Waals surface area contributed by atoms with Gasteiger partial charge in [-0.05, 0) is 24.3 Å². The van der Waals surface area contributed by atoms with Crippen molar-refractivity contribution in [2.45, 2.75) is 6.54 Å². The summed E-state index contributed by atoms with van der Waals surface area (Å²) in [5.41, 5.74) is 1.64. The van der Waals surface area contributed by atoms with Crippen LogP contribution in [0.1, 0.15) is 5.76 Å². The zero-order valence-corrected chi connectivity index (χ0v) is 11.0. The molecule has 2 aromatic carbocycles. The maximum atomic E-state index is 13.3. The fourth-order valence-electron chi connectivity index (χ4n) is 2.08. The highest BCUT2D eigenvalue weighted by Gasteiger charge is 2.05. The second-order valence-corrected chi connectivity index (χ2v) is 4.45. The van der Waals surface area contributed by atoms with Gasteiger partial charge in [-0.1, -0.05) is 18.2 Å². The molecular formula is C16H14FNO2. The normalized spacial score (nSPS) is 10.7. The van der Waals surface area contributed by atoms with Crippen LogP contribution in [0.4, 0.5) is 10.1 Å². The smallest absolute Gasteiger partial charge is 0.165 e. The number of furan rings is 1. The first-order chi connectivity index (χ1) is 9.76. The number of anilines is 1. The summed E-state index contributed by atoms with van der Waals surface area (Å²) in [6.45, 7) is 0.531. The van der Waals surface area contributed by atoms with Crippen molar-refractivity contribution in [2.75, 3.05) is 12.4 Å². The van der Waals surface area contributed by atoms with Crippen LogP contribution in [0.5, 0.6) is 5.75 Å². The van der Waals surface area contributed by atoms with Crippen molar-refractivity contribution < 1.29 is 13.5 Å². The summed E-state index contributed by atoms with van der Waals surface area (Å²) in [6.07, 6.45) is 0. The highest BCUT2D eigenvalue weighted by molar-refractivity contribution is 5.77. The number of benzene rings is 2. The van der Waals surface area contributed by atoms with Gasteiger partial charge in [-0.25, -0.2) is 4.39 Å². The van der Waals surface area contributed by atoms with Crippen LogP contribution < -0.4 is 10.1 Å². The molecule has 4 heteroatoms. The number of rotatable bonds is 4. The van der Waals surface area contributed by atoms with Crippen molar-refractivity contribution in [1.82, 2.24) is 0 Å². The van der Waals surface area contributed by atoms with E-state index in [2.05, 4.69) is 5.32 Å². The third kappa shape index (κ3) is 2.45. The lowest BCUT2D eigenvalue weighted by Crippen LogP contribution is -1.99. The van der Waals surface area contributed by atoms with Gasteiger partial charge in [0, 0.05) is 17.1 Å². The van der Waals surface area contributed by atoms with Gasteiger partial charge < -0.3 is 14.5 Å². The molecule has 0 aliphatic heterocycles. The van der Waals surface area contributed by atoms with Gasteiger partial charge in [0.2, 0.25) is 0 Å². The fraction of sp³-hybridized carbons (Fsp3) is 0.125. The topological polar surface area (TPSA) is 34.4 Å². The highest BCUT2D eigenvalue weighted by atomic mass is 19.1. The third-order valence-electron chi connectivity index (χ3n) is 3.09. The number of hydrogen-bond acceptors (Lipinski definition) is 3. The van der Waals surface area contributed by atoms with Gasteiger partial charge in [-0.2, -0.15) is 0 Å². The van der Waals surface area contributed by atoms with E-state index in [0.717, 1.165) is 22.4 Å². The number of hydrogen-bond donors (Lipinski definition) is 1. The summed E-state index contributed by atoms with van der Waals surface area (Å²) in [5.74, 6) is 0.677. The average Bonchev–Trinajstić information content (AvgIpc) is 2.89. The van der Waals surface area contributed by atoms with Crippen molar-refractivity contribution in [1.29, 1.82) is 0 Å². The number of halogens is 1. The molecule has 0 atom stereocenters. The van der Waals surface area contributed by atoms with Crippen LogP contribution in [-0.4, -0.2) is 7.11 Å². The van der Waals surface area contributed by atoms with Crippen LogP contribution in [0.15, 0.2) is 52.9 Å². The Morgan fingerprint density at radius 1 is 1.15 bits per heavy atom. The lowest BCUT2D eigenvalue weighted by molar-refractivity contribution is 0.387. The van der Waals surface area contributed by atoms with E-state index in [-0.39, 0.29) is 11.6 Å². The molecule has 3 nitrogen and oxygen atoms in total. The average molecular weight is 271 g/mol. The molecule has 0 aliphatic carbocycles. The number of methoxy groups -OCH3 is 1. The minimum absolute atomic E-state index is 0.222. The van der Waals surface area contributed by atoms with Crippen LogP contribution >= 0.6 is 0 Å². The van der Waals surface area contributed by atoms with E-state index in [1.807, 2.05) is 30.3 Å². The van der Waals surface area contributed by atoms with Crippen molar-refractivity contribution in [3.63, 3.8) is 0 Å². The van der Waals surface area contributed by atoms with E-state index < -0.39 is 0 Å². The minimum atomic E-state index is -0.373.